The predicted molar refractivity (Wildman–Crippen MR) is 116 cm³/mol. The van der Waals surface area contributed by atoms with Crippen LogP contribution < -0.4 is 16.0 Å². The van der Waals surface area contributed by atoms with E-state index in [1.165, 1.54) is 0 Å². The number of aliphatic hydroxyl groups is 1. The van der Waals surface area contributed by atoms with Gasteiger partial charge in [0.1, 0.15) is 17.7 Å². The van der Waals surface area contributed by atoms with Crippen LogP contribution in [0, 0.1) is 17.6 Å². The summed E-state index contributed by atoms with van der Waals surface area (Å²) in [6.07, 6.45) is -2.80. The van der Waals surface area contributed by atoms with Gasteiger partial charge in [-0.3, -0.25) is 10.1 Å². The van der Waals surface area contributed by atoms with E-state index in [1.807, 2.05) is 19.9 Å². The van der Waals surface area contributed by atoms with E-state index in [-0.39, 0.29) is 30.4 Å². The van der Waals surface area contributed by atoms with Crippen molar-refractivity contribution in [3.05, 3.63) is 71.3 Å². The third-order valence-corrected chi connectivity index (χ3v) is 4.76. The second-order valence-corrected chi connectivity index (χ2v) is 8.00. The molecule has 7 nitrogen and oxygen atoms in total. The van der Waals surface area contributed by atoms with Gasteiger partial charge in [-0.25, -0.2) is 13.6 Å². The van der Waals surface area contributed by atoms with Crippen molar-refractivity contribution in [1.29, 1.82) is 0 Å². The van der Waals surface area contributed by atoms with E-state index in [2.05, 4.69) is 16.0 Å². The first-order valence-corrected chi connectivity index (χ1v) is 10.3. The summed E-state index contributed by atoms with van der Waals surface area (Å²) >= 11 is 0. The molecule has 1 unspecified atom stereocenters. The molecule has 2 amide bonds. The van der Waals surface area contributed by atoms with Crippen molar-refractivity contribution >= 4 is 12.0 Å². The lowest BCUT2D eigenvalue weighted by atomic mass is 10.00. The highest BCUT2D eigenvalue weighted by Crippen LogP contribution is 2.15. The van der Waals surface area contributed by atoms with Gasteiger partial charge < -0.3 is 20.8 Å². The summed E-state index contributed by atoms with van der Waals surface area (Å²) in [4.78, 5) is 23.9. The number of carboxylic acid groups (broad SMARTS) is 1. The lowest BCUT2D eigenvalue weighted by Crippen LogP contribution is -2.50. The standard InChI is InChI=1S/C23H29F2N3O4/c1-14(2)12-27-22(30)21(16-6-4-3-5-7-16)26-13-20(29)19(28-23(31)32)10-15-8-17(24)11-18(25)9-15/h3-9,11,14,19-21,26,28-29H,10,12-13H2,1-2H3,(H,27,30)(H,31,32)/t19?,20-,21-/m0/s1. The molecule has 174 valence electrons. The summed E-state index contributed by atoms with van der Waals surface area (Å²) in [6.45, 7) is 4.26. The normalized spacial score (nSPS) is 13.9. The van der Waals surface area contributed by atoms with Gasteiger partial charge in [0.25, 0.3) is 0 Å². The number of benzene rings is 2. The molecule has 0 bridgehead atoms. The zero-order chi connectivity index (χ0) is 23.7. The van der Waals surface area contributed by atoms with E-state index in [0.717, 1.165) is 12.1 Å². The second-order valence-electron chi connectivity index (χ2n) is 8.00. The van der Waals surface area contributed by atoms with E-state index in [1.54, 1.807) is 24.3 Å². The van der Waals surface area contributed by atoms with Gasteiger partial charge in [0, 0.05) is 19.2 Å². The SMILES string of the molecule is CC(C)CNC(=O)[C@@H](NC[C@H](O)C(Cc1cc(F)cc(F)c1)NC(=O)O)c1ccccc1. The lowest BCUT2D eigenvalue weighted by molar-refractivity contribution is -0.123. The first kappa shape index (κ1) is 25.2. The van der Waals surface area contributed by atoms with Crippen LogP contribution in [0.15, 0.2) is 48.5 Å². The molecule has 0 radical (unpaired) electrons. The minimum Gasteiger partial charge on any atom is -0.465 e. The summed E-state index contributed by atoms with van der Waals surface area (Å²) < 4.78 is 27.0. The van der Waals surface area contributed by atoms with Gasteiger partial charge >= 0.3 is 6.09 Å². The van der Waals surface area contributed by atoms with Crippen LogP contribution in [0.5, 0.6) is 0 Å². The summed E-state index contributed by atoms with van der Waals surface area (Å²) in [6, 6.07) is 9.93. The largest absolute Gasteiger partial charge is 0.465 e. The Kier molecular flexibility index (Phi) is 9.55. The number of carbonyl (C=O) groups is 2. The van der Waals surface area contributed by atoms with E-state index in [4.69, 9.17) is 5.11 Å². The van der Waals surface area contributed by atoms with Gasteiger partial charge in [0.15, 0.2) is 0 Å². The third-order valence-electron chi connectivity index (χ3n) is 4.76. The van der Waals surface area contributed by atoms with Crippen molar-refractivity contribution in [3.63, 3.8) is 0 Å². The number of hydrogen-bond acceptors (Lipinski definition) is 4. The number of rotatable bonds is 11. The predicted octanol–water partition coefficient (Wildman–Crippen LogP) is 2.61. The van der Waals surface area contributed by atoms with Gasteiger partial charge in [-0.15, -0.1) is 0 Å². The van der Waals surface area contributed by atoms with Crippen LogP contribution in [0.2, 0.25) is 0 Å². The Morgan fingerprint density at radius 3 is 2.19 bits per heavy atom. The fraction of sp³-hybridized carbons (Fsp3) is 0.391. The summed E-state index contributed by atoms with van der Waals surface area (Å²) in [7, 11) is 0. The second kappa shape index (κ2) is 12.1. The van der Waals surface area contributed by atoms with E-state index in [9.17, 15) is 23.5 Å². The number of nitrogens with one attached hydrogen (secondary N) is 3. The van der Waals surface area contributed by atoms with Gasteiger partial charge in [-0.1, -0.05) is 44.2 Å². The molecule has 0 saturated heterocycles. The molecule has 0 fully saturated rings. The Labute approximate surface area is 185 Å². The molecule has 0 aliphatic carbocycles. The fourth-order valence-corrected chi connectivity index (χ4v) is 3.22. The van der Waals surface area contributed by atoms with Crippen LogP contribution in [0.25, 0.3) is 0 Å². The van der Waals surface area contributed by atoms with Crippen LogP contribution in [0.1, 0.15) is 31.0 Å². The number of carbonyl (C=O) groups excluding carboxylic acids is 1. The van der Waals surface area contributed by atoms with Crippen LogP contribution >= 0.6 is 0 Å². The first-order valence-electron chi connectivity index (χ1n) is 10.3. The Balaban J connectivity index is 2.13. The molecule has 0 heterocycles. The Bertz CT molecular complexity index is 876. The van der Waals surface area contributed by atoms with Crippen molar-refractivity contribution in [3.8, 4) is 0 Å². The van der Waals surface area contributed by atoms with Crippen molar-refractivity contribution in [2.75, 3.05) is 13.1 Å². The molecule has 2 rings (SSSR count). The minimum atomic E-state index is -1.39. The average molecular weight is 449 g/mol. The van der Waals surface area contributed by atoms with Gasteiger partial charge in [0.05, 0.1) is 12.1 Å². The highest BCUT2D eigenvalue weighted by atomic mass is 19.1. The molecule has 32 heavy (non-hydrogen) atoms. The molecular formula is C23H29F2N3O4. The quantitative estimate of drug-likeness (QED) is 0.362. The maximum absolute atomic E-state index is 13.5. The van der Waals surface area contributed by atoms with Crippen molar-refractivity contribution < 1.29 is 28.6 Å². The zero-order valence-corrected chi connectivity index (χ0v) is 18.0. The maximum atomic E-state index is 13.5. The van der Waals surface area contributed by atoms with E-state index in [0.29, 0.717) is 18.2 Å². The molecule has 9 heteroatoms. The number of hydrogen-bond donors (Lipinski definition) is 5. The van der Waals surface area contributed by atoms with Crippen LogP contribution in [0.4, 0.5) is 13.6 Å². The Hall–Kier alpha value is -3.04. The first-order chi connectivity index (χ1) is 15.2. The molecule has 0 aliphatic heterocycles. The molecule has 0 spiro atoms. The molecule has 0 aromatic heterocycles. The van der Waals surface area contributed by atoms with E-state index < -0.39 is 35.9 Å². The Morgan fingerprint density at radius 2 is 1.62 bits per heavy atom. The van der Waals surface area contributed by atoms with Gasteiger partial charge in [-0.2, -0.15) is 0 Å². The molecule has 0 aliphatic rings. The van der Waals surface area contributed by atoms with E-state index >= 15 is 0 Å². The molecule has 3 atom stereocenters. The van der Waals surface area contributed by atoms with Crippen molar-refractivity contribution in [2.45, 2.75) is 38.5 Å². The van der Waals surface area contributed by atoms with Crippen LogP contribution in [0.3, 0.4) is 0 Å². The van der Waals surface area contributed by atoms with Crippen LogP contribution in [-0.2, 0) is 11.2 Å². The average Bonchev–Trinajstić information content (AvgIpc) is 2.71. The van der Waals surface area contributed by atoms with Gasteiger partial charge in [-0.05, 0) is 35.6 Å². The topological polar surface area (TPSA) is 111 Å². The molecule has 0 saturated carbocycles. The molecular weight excluding hydrogens is 420 g/mol. The number of amides is 2. The number of halogens is 2. The Morgan fingerprint density at radius 1 is 1.00 bits per heavy atom. The fourth-order valence-electron chi connectivity index (χ4n) is 3.22. The lowest BCUT2D eigenvalue weighted by Gasteiger charge is -2.26. The maximum Gasteiger partial charge on any atom is 0.404 e. The monoisotopic (exact) mass is 449 g/mol. The summed E-state index contributed by atoms with van der Waals surface area (Å²) in [5.41, 5.74) is 0.866. The van der Waals surface area contributed by atoms with Crippen LogP contribution in [-0.4, -0.2) is 47.4 Å². The summed E-state index contributed by atoms with van der Waals surface area (Å²) in [5, 5.41) is 27.8. The van der Waals surface area contributed by atoms with Crippen molar-refractivity contribution in [2.24, 2.45) is 5.92 Å². The molecule has 2 aromatic carbocycles. The van der Waals surface area contributed by atoms with Gasteiger partial charge in [0.2, 0.25) is 5.91 Å². The summed E-state index contributed by atoms with van der Waals surface area (Å²) in [5.74, 6) is -1.64. The highest BCUT2D eigenvalue weighted by molar-refractivity contribution is 5.83. The third kappa shape index (κ3) is 8.24. The smallest absolute Gasteiger partial charge is 0.404 e. The minimum absolute atomic E-state index is 0.140. The molecule has 5 N–H and O–H groups in total. The number of aliphatic hydroxyl groups excluding tert-OH is 1. The zero-order valence-electron chi connectivity index (χ0n) is 18.0. The molecule has 2 aromatic rings. The van der Waals surface area contributed by atoms with Crippen molar-refractivity contribution in [1.82, 2.24) is 16.0 Å². The highest BCUT2D eigenvalue weighted by Gasteiger charge is 2.26.